The van der Waals surface area contributed by atoms with Gasteiger partial charge in [0.15, 0.2) is 0 Å². The molecule has 0 fully saturated rings. The van der Waals surface area contributed by atoms with E-state index in [1.165, 1.54) is 11.1 Å². The zero-order valence-corrected chi connectivity index (χ0v) is 12.4. The highest BCUT2D eigenvalue weighted by Crippen LogP contribution is 2.24. The molecule has 0 unspecified atom stereocenters. The molecule has 0 aliphatic carbocycles. The first-order valence-corrected chi connectivity index (χ1v) is 6.93. The van der Waals surface area contributed by atoms with Crippen molar-refractivity contribution in [1.29, 1.82) is 0 Å². The van der Waals surface area contributed by atoms with Crippen molar-refractivity contribution < 1.29 is 0 Å². The number of rotatable bonds is 3. The molecule has 0 atom stereocenters. The minimum Gasteiger partial charge on any atom is -0.387 e. The maximum Gasteiger partial charge on any atom is 0.105 e. The van der Waals surface area contributed by atoms with Gasteiger partial charge < -0.3 is 5.73 Å². The lowest BCUT2D eigenvalue weighted by molar-refractivity contribution is 0.585. The van der Waals surface area contributed by atoms with Gasteiger partial charge in [0.2, 0.25) is 0 Å². The van der Waals surface area contributed by atoms with Gasteiger partial charge in [-0.15, -0.1) is 0 Å². The fraction of sp³-hybridized carbons (Fsp3) is 0.278. The van der Waals surface area contributed by atoms with Gasteiger partial charge >= 0.3 is 0 Å². The predicted octanol–water partition coefficient (Wildman–Crippen LogP) is 4.31. The third kappa shape index (κ3) is 3.70. The number of aliphatic imine (C=N–C) groups is 1. The molecular weight excluding hydrogens is 244 g/mol. The SMILES string of the molecule is CC(C)(C)C(N)=Nc1ccccc1Cc1ccccc1. The topological polar surface area (TPSA) is 38.4 Å². The molecule has 2 aromatic carbocycles. The third-order valence-corrected chi connectivity index (χ3v) is 3.24. The summed E-state index contributed by atoms with van der Waals surface area (Å²) in [6, 6.07) is 18.6. The molecule has 104 valence electrons. The molecule has 2 aromatic rings. The second kappa shape index (κ2) is 5.91. The van der Waals surface area contributed by atoms with Gasteiger partial charge in [-0.3, -0.25) is 0 Å². The number of nitrogens with zero attached hydrogens (tertiary/aromatic N) is 1. The van der Waals surface area contributed by atoms with E-state index in [-0.39, 0.29) is 5.41 Å². The van der Waals surface area contributed by atoms with Gasteiger partial charge in [0.05, 0.1) is 5.69 Å². The van der Waals surface area contributed by atoms with Gasteiger partial charge in [0.25, 0.3) is 0 Å². The number of nitrogens with two attached hydrogens (primary N) is 1. The van der Waals surface area contributed by atoms with Crippen molar-refractivity contribution in [3.63, 3.8) is 0 Å². The van der Waals surface area contributed by atoms with Crippen LogP contribution in [0.5, 0.6) is 0 Å². The van der Waals surface area contributed by atoms with Crippen molar-refractivity contribution in [1.82, 2.24) is 0 Å². The van der Waals surface area contributed by atoms with E-state index in [9.17, 15) is 0 Å². The van der Waals surface area contributed by atoms with Crippen LogP contribution in [0.1, 0.15) is 31.9 Å². The molecule has 0 amide bonds. The van der Waals surface area contributed by atoms with Crippen molar-refractivity contribution in [2.45, 2.75) is 27.2 Å². The van der Waals surface area contributed by atoms with Crippen molar-refractivity contribution >= 4 is 11.5 Å². The summed E-state index contributed by atoms with van der Waals surface area (Å²) in [5.74, 6) is 0.665. The van der Waals surface area contributed by atoms with E-state index < -0.39 is 0 Å². The van der Waals surface area contributed by atoms with Gasteiger partial charge in [0, 0.05) is 5.41 Å². The van der Waals surface area contributed by atoms with Gasteiger partial charge in [-0.1, -0.05) is 69.3 Å². The molecule has 0 saturated heterocycles. The Bertz CT molecular complexity index is 592. The molecule has 2 N–H and O–H groups in total. The summed E-state index contributed by atoms with van der Waals surface area (Å²) in [6.45, 7) is 6.23. The minimum atomic E-state index is -0.111. The number of hydrogen-bond acceptors (Lipinski definition) is 1. The van der Waals surface area contributed by atoms with Crippen LogP contribution in [-0.4, -0.2) is 5.84 Å². The zero-order chi connectivity index (χ0) is 14.6. The van der Waals surface area contributed by atoms with Crippen molar-refractivity contribution in [3.8, 4) is 0 Å². The van der Waals surface area contributed by atoms with Crippen LogP contribution in [0.3, 0.4) is 0 Å². The van der Waals surface area contributed by atoms with E-state index in [2.05, 4.69) is 56.1 Å². The summed E-state index contributed by atoms with van der Waals surface area (Å²) in [5.41, 5.74) is 9.43. The maximum atomic E-state index is 6.10. The van der Waals surface area contributed by atoms with Crippen LogP contribution in [0.15, 0.2) is 59.6 Å². The number of para-hydroxylation sites is 1. The van der Waals surface area contributed by atoms with E-state index in [0.29, 0.717) is 5.84 Å². The summed E-state index contributed by atoms with van der Waals surface area (Å²) >= 11 is 0. The Hall–Kier alpha value is -2.09. The van der Waals surface area contributed by atoms with Crippen LogP contribution in [0.4, 0.5) is 5.69 Å². The normalized spacial score (nSPS) is 12.4. The summed E-state index contributed by atoms with van der Waals surface area (Å²) in [6.07, 6.45) is 0.873. The van der Waals surface area contributed by atoms with Crippen LogP contribution in [0.2, 0.25) is 0 Å². The van der Waals surface area contributed by atoms with Crippen molar-refractivity contribution in [3.05, 3.63) is 65.7 Å². The lowest BCUT2D eigenvalue weighted by Crippen LogP contribution is -2.28. The smallest absolute Gasteiger partial charge is 0.105 e. The Balaban J connectivity index is 2.32. The molecule has 0 bridgehead atoms. The van der Waals surface area contributed by atoms with Crippen LogP contribution >= 0.6 is 0 Å². The average molecular weight is 266 g/mol. The van der Waals surface area contributed by atoms with E-state index >= 15 is 0 Å². The molecule has 2 rings (SSSR count). The Labute approximate surface area is 121 Å². The Morgan fingerprint density at radius 3 is 2.20 bits per heavy atom. The average Bonchev–Trinajstić information content (AvgIpc) is 2.41. The fourth-order valence-corrected chi connectivity index (χ4v) is 1.88. The Morgan fingerprint density at radius 1 is 0.950 bits per heavy atom. The molecule has 0 aliphatic heterocycles. The van der Waals surface area contributed by atoms with Crippen LogP contribution < -0.4 is 5.73 Å². The van der Waals surface area contributed by atoms with Gasteiger partial charge in [-0.05, 0) is 23.6 Å². The minimum absolute atomic E-state index is 0.111. The highest BCUT2D eigenvalue weighted by molar-refractivity contribution is 5.88. The van der Waals surface area contributed by atoms with Gasteiger partial charge in [-0.25, -0.2) is 4.99 Å². The first-order valence-electron chi connectivity index (χ1n) is 6.93. The zero-order valence-electron chi connectivity index (χ0n) is 12.4. The number of benzene rings is 2. The maximum absolute atomic E-state index is 6.10. The third-order valence-electron chi connectivity index (χ3n) is 3.24. The molecule has 0 saturated carbocycles. The largest absolute Gasteiger partial charge is 0.387 e. The first-order chi connectivity index (χ1) is 9.47. The standard InChI is InChI=1S/C18H22N2/c1-18(2,3)17(19)20-16-12-8-7-11-15(16)13-14-9-5-4-6-10-14/h4-12H,13H2,1-3H3,(H2,19,20). The lowest BCUT2D eigenvalue weighted by atomic mass is 9.95. The quantitative estimate of drug-likeness (QED) is 0.652. The molecular formula is C18H22N2. The second-order valence-corrected chi connectivity index (χ2v) is 6.04. The van der Waals surface area contributed by atoms with E-state index in [1.807, 2.05) is 24.3 Å². The molecule has 0 aliphatic rings. The molecule has 2 heteroatoms. The molecule has 0 spiro atoms. The molecule has 0 radical (unpaired) electrons. The van der Waals surface area contributed by atoms with Crippen molar-refractivity contribution in [2.75, 3.05) is 0 Å². The molecule has 0 heterocycles. The summed E-state index contributed by atoms with van der Waals surface area (Å²) in [4.78, 5) is 4.62. The monoisotopic (exact) mass is 266 g/mol. The van der Waals surface area contributed by atoms with E-state index in [0.717, 1.165) is 12.1 Å². The lowest BCUT2D eigenvalue weighted by Gasteiger charge is -2.18. The molecule has 0 aromatic heterocycles. The van der Waals surface area contributed by atoms with Crippen LogP contribution in [-0.2, 0) is 6.42 Å². The van der Waals surface area contributed by atoms with Crippen LogP contribution in [0.25, 0.3) is 0 Å². The predicted molar refractivity (Wildman–Crippen MR) is 86.4 cm³/mol. The number of hydrogen-bond donors (Lipinski definition) is 1. The highest BCUT2D eigenvalue weighted by Gasteiger charge is 2.16. The summed E-state index contributed by atoms with van der Waals surface area (Å²) < 4.78 is 0. The van der Waals surface area contributed by atoms with Crippen LogP contribution in [0, 0.1) is 5.41 Å². The summed E-state index contributed by atoms with van der Waals surface area (Å²) in [7, 11) is 0. The van der Waals surface area contributed by atoms with E-state index in [4.69, 9.17) is 5.73 Å². The summed E-state index contributed by atoms with van der Waals surface area (Å²) in [5, 5.41) is 0. The Kier molecular flexibility index (Phi) is 4.23. The molecule has 2 nitrogen and oxygen atoms in total. The van der Waals surface area contributed by atoms with Crippen molar-refractivity contribution in [2.24, 2.45) is 16.1 Å². The second-order valence-electron chi connectivity index (χ2n) is 6.04. The highest BCUT2D eigenvalue weighted by atomic mass is 14.9. The van der Waals surface area contributed by atoms with Gasteiger partial charge in [0.1, 0.15) is 5.84 Å². The number of amidine groups is 1. The fourth-order valence-electron chi connectivity index (χ4n) is 1.88. The molecule has 20 heavy (non-hydrogen) atoms. The first kappa shape index (κ1) is 14.3. The van der Waals surface area contributed by atoms with Gasteiger partial charge in [-0.2, -0.15) is 0 Å². The Morgan fingerprint density at radius 2 is 1.55 bits per heavy atom. The van der Waals surface area contributed by atoms with E-state index in [1.54, 1.807) is 0 Å².